The molecular weight excluding hydrogens is 332 g/mol. The van der Waals surface area contributed by atoms with Gasteiger partial charge in [0.1, 0.15) is 12.4 Å². The van der Waals surface area contributed by atoms with E-state index in [2.05, 4.69) is 15.4 Å². The van der Waals surface area contributed by atoms with Gasteiger partial charge in [-0.2, -0.15) is 0 Å². The number of amides is 2. The van der Waals surface area contributed by atoms with Crippen molar-refractivity contribution in [1.82, 2.24) is 5.32 Å². The molecule has 2 rings (SSSR count). The van der Waals surface area contributed by atoms with Crippen LogP contribution in [0.5, 0.6) is 5.75 Å². The summed E-state index contributed by atoms with van der Waals surface area (Å²) in [4.78, 5) is 23.1. The monoisotopic (exact) mass is 348 g/mol. The molecule has 0 atom stereocenters. The van der Waals surface area contributed by atoms with Crippen LogP contribution in [0.15, 0.2) is 48.5 Å². The van der Waals surface area contributed by atoms with Gasteiger partial charge in [0.2, 0.25) is 0 Å². The molecule has 24 heavy (non-hydrogen) atoms. The van der Waals surface area contributed by atoms with E-state index in [-0.39, 0.29) is 6.03 Å². The summed E-state index contributed by atoms with van der Waals surface area (Å²) in [5, 5.41) is 5.83. The van der Waals surface area contributed by atoms with E-state index in [1.807, 2.05) is 12.1 Å². The summed E-state index contributed by atoms with van der Waals surface area (Å²) in [7, 11) is 1.31. The second-order valence-electron chi connectivity index (χ2n) is 4.73. The maximum absolute atomic E-state index is 11.8. The van der Waals surface area contributed by atoms with Crippen LogP contribution < -0.4 is 15.4 Å². The van der Waals surface area contributed by atoms with Gasteiger partial charge in [0, 0.05) is 5.69 Å². The number of anilines is 1. The number of carbonyl (C=O) groups excluding carboxylic acids is 2. The molecule has 6 nitrogen and oxygen atoms in total. The first kappa shape index (κ1) is 17.6. The molecule has 2 aromatic rings. The third-order valence-corrected chi connectivity index (χ3v) is 3.36. The fourth-order valence-electron chi connectivity index (χ4n) is 1.87. The van der Waals surface area contributed by atoms with E-state index in [0.717, 1.165) is 0 Å². The van der Waals surface area contributed by atoms with Crippen LogP contribution in [0.1, 0.15) is 10.4 Å². The average Bonchev–Trinajstić information content (AvgIpc) is 2.60. The molecular formula is C17H17ClN2O4. The first-order valence-electron chi connectivity index (χ1n) is 7.20. The van der Waals surface area contributed by atoms with Gasteiger partial charge in [-0.05, 0) is 36.4 Å². The van der Waals surface area contributed by atoms with Gasteiger partial charge < -0.3 is 20.1 Å². The van der Waals surface area contributed by atoms with Crippen LogP contribution >= 0.6 is 11.6 Å². The molecule has 2 aromatic carbocycles. The van der Waals surface area contributed by atoms with Crippen molar-refractivity contribution < 1.29 is 19.1 Å². The molecule has 0 spiro atoms. The Morgan fingerprint density at radius 3 is 2.46 bits per heavy atom. The van der Waals surface area contributed by atoms with Crippen molar-refractivity contribution in [2.24, 2.45) is 0 Å². The summed E-state index contributed by atoms with van der Waals surface area (Å²) in [6.07, 6.45) is 0. The number of methoxy groups -OCH3 is 1. The number of rotatable bonds is 6. The summed E-state index contributed by atoms with van der Waals surface area (Å²) in [6, 6.07) is 13.1. The van der Waals surface area contributed by atoms with Crippen LogP contribution in [0.2, 0.25) is 5.02 Å². The van der Waals surface area contributed by atoms with Gasteiger partial charge in [-0.3, -0.25) is 0 Å². The Bertz CT molecular complexity index is 704. The molecule has 0 bridgehead atoms. The minimum absolute atomic E-state index is 0.290. The SMILES string of the molecule is COC(=O)c1ccc(NC(=O)NCCOc2ccccc2Cl)cc1. The van der Waals surface area contributed by atoms with Gasteiger partial charge in [0.15, 0.2) is 0 Å². The van der Waals surface area contributed by atoms with Gasteiger partial charge >= 0.3 is 12.0 Å². The Labute approximate surface area is 144 Å². The minimum Gasteiger partial charge on any atom is -0.490 e. The molecule has 0 aromatic heterocycles. The van der Waals surface area contributed by atoms with Crippen LogP contribution in [0.3, 0.4) is 0 Å². The number of ether oxygens (including phenoxy) is 2. The number of para-hydroxylation sites is 1. The zero-order valence-electron chi connectivity index (χ0n) is 13.0. The second kappa shape index (κ2) is 8.79. The van der Waals surface area contributed by atoms with Crippen LogP contribution in [0.25, 0.3) is 0 Å². The summed E-state index contributed by atoms with van der Waals surface area (Å²) in [5.74, 6) is 0.141. The fourth-order valence-corrected chi connectivity index (χ4v) is 2.06. The van der Waals surface area contributed by atoms with Crippen LogP contribution in [-0.2, 0) is 4.74 Å². The number of carbonyl (C=O) groups is 2. The Hall–Kier alpha value is -2.73. The Morgan fingerprint density at radius 2 is 1.79 bits per heavy atom. The molecule has 0 aliphatic heterocycles. The molecule has 0 saturated heterocycles. The molecule has 0 aliphatic rings. The van der Waals surface area contributed by atoms with Gasteiger partial charge in [-0.15, -0.1) is 0 Å². The lowest BCUT2D eigenvalue weighted by Gasteiger charge is -2.10. The molecule has 0 heterocycles. The van der Waals surface area contributed by atoms with E-state index in [1.54, 1.807) is 36.4 Å². The molecule has 2 N–H and O–H groups in total. The number of urea groups is 1. The van der Waals surface area contributed by atoms with Crippen LogP contribution in [-0.4, -0.2) is 32.3 Å². The van der Waals surface area contributed by atoms with Gasteiger partial charge in [-0.25, -0.2) is 9.59 Å². The van der Waals surface area contributed by atoms with Crippen molar-refractivity contribution in [2.45, 2.75) is 0 Å². The van der Waals surface area contributed by atoms with E-state index < -0.39 is 5.97 Å². The minimum atomic E-state index is -0.428. The highest BCUT2D eigenvalue weighted by atomic mass is 35.5. The van der Waals surface area contributed by atoms with Gasteiger partial charge in [0.25, 0.3) is 0 Å². The molecule has 0 fully saturated rings. The quantitative estimate of drug-likeness (QED) is 0.620. The van der Waals surface area contributed by atoms with Gasteiger partial charge in [0.05, 0.1) is 24.2 Å². The first-order chi connectivity index (χ1) is 11.6. The molecule has 126 valence electrons. The van der Waals surface area contributed by atoms with Crippen molar-refractivity contribution in [3.8, 4) is 5.75 Å². The lowest BCUT2D eigenvalue weighted by atomic mass is 10.2. The highest BCUT2D eigenvalue weighted by Crippen LogP contribution is 2.22. The summed E-state index contributed by atoms with van der Waals surface area (Å²) < 4.78 is 10.1. The number of hydrogen-bond donors (Lipinski definition) is 2. The first-order valence-corrected chi connectivity index (χ1v) is 7.58. The van der Waals surface area contributed by atoms with E-state index in [1.165, 1.54) is 7.11 Å². The predicted octanol–water partition coefficient (Wildman–Crippen LogP) is 3.33. The second-order valence-corrected chi connectivity index (χ2v) is 5.14. The number of halogens is 1. The molecule has 0 saturated carbocycles. The third-order valence-electron chi connectivity index (χ3n) is 3.05. The molecule has 0 aliphatic carbocycles. The largest absolute Gasteiger partial charge is 0.490 e. The van der Waals surface area contributed by atoms with E-state index in [4.69, 9.17) is 16.3 Å². The van der Waals surface area contributed by atoms with Crippen LogP contribution in [0.4, 0.5) is 10.5 Å². The van der Waals surface area contributed by atoms with Crippen molar-refractivity contribution in [3.63, 3.8) is 0 Å². The number of hydrogen-bond acceptors (Lipinski definition) is 4. The smallest absolute Gasteiger partial charge is 0.337 e. The standard InChI is InChI=1S/C17H17ClN2O4/c1-23-16(21)12-6-8-13(9-7-12)20-17(22)19-10-11-24-15-5-3-2-4-14(15)18/h2-9H,10-11H2,1H3,(H2,19,20,22). The zero-order valence-corrected chi connectivity index (χ0v) is 13.8. The highest BCUT2D eigenvalue weighted by molar-refractivity contribution is 6.32. The van der Waals surface area contributed by atoms with Crippen molar-refractivity contribution in [1.29, 1.82) is 0 Å². The van der Waals surface area contributed by atoms with Crippen molar-refractivity contribution in [3.05, 3.63) is 59.1 Å². The predicted molar refractivity (Wildman–Crippen MR) is 91.7 cm³/mol. The van der Waals surface area contributed by atoms with Crippen molar-refractivity contribution >= 4 is 29.3 Å². The summed E-state index contributed by atoms with van der Waals surface area (Å²) in [5.41, 5.74) is 0.976. The van der Waals surface area contributed by atoms with Crippen molar-refractivity contribution in [2.75, 3.05) is 25.6 Å². The maximum atomic E-state index is 11.8. The van der Waals surface area contributed by atoms with Gasteiger partial charge in [-0.1, -0.05) is 23.7 Å². The highest BCUT2D eigenvalue weighted by Gasteiger charge is 2.06. The van der Waals surface area contributed by atoms with E-state index in [9.17, 15) is 9.59 Å². The molecule has 7 heteroatoms. The van der Waals surface area contributed by atoms with E-state index in [0.29, 0.717) is 35.2 Å². The average molecular weight is 349 g/mol. The number of nitrogens with one attached hydrogen (secondary N) is 2. The lowest BCUT2D eigenvalue weighted by Crippen LogP contribution is -2.32. The number of benzene rings is 2. The summed E-state index contributed by atoms with van der Waals surface area (Å²) >= 11 is 5.96. The zero-order chi connectivity index (χ0) is 17.4. The normalized spacial score (nSPS) is 9.92. The summed E-state index contributed by atoms with van der Waals surface area (Å²) in [6.45, 7) is 0.607. The Balaban J connectivity index is 1.73. The number of esters is 1. The third kappa shape index (κ3) is 5.17. The maximum Gasteiger partial charge on any atom is 0.337 e. The van der Waals surface area contributed by atoms with E-state index >= 15 is 0 Å². The fraction of sp³-hybridized carbons (Fsp3) is 0.176. The van der Waals surface area contributed by atoms with Crippen LogP contribution in [0, 0.1) is 0 Å². The topological polar surface area (TPSA) is 76.7 Å². The Kier molecular flexibility index (Phi) is 6.45. The Morgan fingerprint density at radius 1 is 1.08 bits per heavy atom. The molecule has 2 amide bonds. The lowest BCUT2D eigenvalue weighted by molar-refractivity contribution is 0.0601. The molecule has 0 unspecified atom stereocenters. The molecule has 0 radical (unpaired) electrons.